The van der Waals surface area contributed by atoms with Gasteiger partial charge in [0.1, 0.15) is 5.84 Å². The van der Waals surface area contributed by atoms with Crippen LogP contribution in [-0.4, -0.2) is 41.6 Å². The van der Waals surface area contributed by atoms with Gasteiger partial charge in [-0.15, -0.1) is 0 Å². The van der Waals surface area contributed by atoms with Crippen LogP contribution in [0.1, 0.15) is 23.6 Å². The Morgan fingerprint density at radius 1 is 1.19 bits per heavy atom. The summed E-state index contributed by atoms with van der Waals surface area (Å²) in [5.41, 5.74) is 4.41. The monoisotopic (exact) mass is 442 g/mol. The fourth-order valence-electron chi connectivity index (χ4n) is 3.26. The summed E-state index contributed by atoms with van der Waals surface area (Å²) in [5, 5.41) is 6.64. The Balaban J connectivity index is 1.69. The SMILES string of the molecule is CN(C)c1ccc(C2CC(c3cccc(Br)c3)=NN2C2=NC(=O)SC2)cc1. The van der Waals surface area contributed by atoms with Crippen LogP contribution in [0.2, 0.25) is 0 Å². The summed E-state index contributed by atoms with van der Waals surface area (Å²) in [6, 6.07) is 16.7. The van der Waals surface area contributed by atoms with E-state index in [1.165, 1.54) is 17.3 Å². The molecule has 7 heteroatoms. The Kier molecular flexibility index (Phi) is 5.06. The minimum absolute atomic E-state index is 0.0421. The topological polar surface area (TPSA) is 48.3 Å². The molecule has 0 N–H and O–H groups in total. The minimum Gasteiger partial charge on any atom is -0.378 e. The average molecular weight is 443 g/mol. The Hall–Kier alpha value is -2.12. The van der Waals surface area contributed by atoms with Crippen molar-refractivity contribution in [3.63, 3.8) is 0 Å². The number of nitrogens with zero attached hydrogens (tertiary/aromatic N) is 4. The molecule has 2 heterocycles. The highest BCUT2D eigenvalue weighted by Crippen LogP contribution is 2.36. The predicted molar refractivity (Wildman–Crippen MR) is 116 cm³/mol. The number of hydrogen-bond acceptors (Lipinski definition) is 5. The van der Waals surface area contributed by atoms with Crippen LogP contribution in [0.25, 0.3) is 0 Å². The number of halogens is 1. The zero-order chi connectivity index (χ0) is 19.0. The first kappa shape index (κ1) is 18.3. The van der Waals surface area contributed by atoms with Crippen molar-refractivity contribution in [2.24, 2.45) is 10.1 Å². The van der Waals surface area contributed by atoms with Crippen molar-refractivity contribution >= 4 is 50.2 Å². The predicted octanol–water partition coefficient (Wildman–Crippen LogP) is 4.93. The molecule has 0 aliphatic carbocycles. The van der Waals surface area contributed by atoms with Crippen LogP contribution in [0, 0.1) is 0 Å². The van der Waals surface area contributed by atoms with E-state index in [0.717, 1.165) is 33.7 Å². The first-order valence-corrected chi connectivity index (χ1v) is 10.4. The molecule has 2 aromatic rings. The third-order valence-corrected chi connectivity index (χ3v) is 5.91. The molecule has 0 saturated carbocycles. The molecular formula is C20H19BrN4OS. The van der Waals surface area contributed by atoms with Gasteiger partial charge < -0.3 is 4.90 Å². The molecule has 138 valence electrons. The van der Waals surface area contributed by atoms with E-state index < -0.39 is 0 Å². The lowest BCUT2D eigenvalue weighted by Gasteiger charge is -2.23. The second kappa shape index (κ2) is 7.48. The van der Waals surface area contributed by atoms with Gasteiger partial charge in [0.05, 0.1) is 17.5 Å². The van der Waals surface area contributed by atoms with E-state index in [1.54, 1.807) is 0 Å². The Morgan fingerprint density at radius 3 is 2.59 bits per heavy atom. The normalized spacial score (nSPS) is 19.3. The van der Waals surface area contributed by atoms with Crippen molar-refractivity contribution in [2.45, 2.75) is 12.5 Å². The van der Waals surface area contributed by atoms with Crippen molar-refractivity contribution in [3.05, 3.63) is 64.1 Å². The smallest absolute Gasteiger partial charge is 0.307 e. The standard InChI is InChI=1S/C20H19BrN4OS/c1-24(2)16-8-6-13(7-9-16)18-11-17(14-4-3-5-15(21)10-14)23-25(18)19-12-27-20(26)22-19/h3-10,18H,11-12H2,1-2H3. The highest BCUT2D eigenvalue weighted by atomic mass is 79.9. The fraction of sp³-hybridized carbons (Fsp3) is 0.250. The van der Waals surface area contributed by atoms with E-state index in [9.17, 15) is 4.79 Å². The lowest BCUT2D eigenvalue weighted by molar-refractivity contribution is 0.267. The van der Waals surface area contributed by atoms with Gasteiger partial charge in [0.2, 0.25) is 0 Å². The van der Waals surface area contributed by atoms with E-state index in [-0.39, 0.29) is 11.3 Å². The number of hydrazone groups is 1. The molecule has 0 aromatic heterocycles. The van der Waals surface area contributed by atoms with Crippen LogP contribution in [0.15, 0.2) is 63.1 Å². The summed E-state index contributed by atoms with van der Waals surface area (Å²) in [6.07, 6.45) is 0.773. The number of hydrogen-bond donors (Lipinski definition) is 0. The van der Waals surface area contributed by atoms with Gasteiger partial charge >= 0.3 is 5.24 Å². The molecule has 1 amide bonds. The molecule has 0 fully saturated rings. The van der Waals surface area contributed by atoms with E-state index in [0.29, 0.717) is 5.75 Å². The molecule has 2 aromatic carbocycles. The molecule has 5 nitrogen and oxygen atoms in total. The Labute approximate surface area is 171 Å². The maximum Gasteiger partial charge on any atom is 0.307 e. The van der Waals surface area contributed by atoms with Crippen molar-refractivity contribution in [2.75, 3.05) is 24.7 Å². The summed E-state index contributed by atoms with van der Waals surface area (Å²) in [5.74, 6) is 1.30. The first-order chi connectivity index (χ1) is 13.0. The molecule has 0 spiro atoms. The first-order valence-electron chi connectivity index (χ1n) is 8.65. The molecule has 0 saturated heterocycles. The number of anilines is 1. The number of benzene rings is 2. The summed E-state index contributed by atoms with van der Waals surface area (Å²) < 4.78 is 1.02. The molecule has 0 bridgehead atoms. The van der Waals surface area contributed by atoms with E-state index in [2.05, 4.69) is 62.2 Å². The molecule has 2 aliphatic rings. The summed E-state index contributed by atoms with van der Waals surface area (Å²) in [6.45, 7) is 0. The highest BCUT2D eigenvalue weighted by Gasteiger charge is 2.34. The lowest BCUT2D eigenvalue weighted by Crippen LogP contribution is -2.27. The third kappa shape index (κ3) is 3.80. The second-order valence-electron chi connectivity index (χ2n) is 6.69. The van der Waals surface area contributed by atoms with Gasteiger partial charge in [0.25, 0.3) is 0 Å². The van der Waals surface area contributed by atoms with Crippen LogP contribution < -0.4 is 4.90 Å². The largest absolute Gasteiger partial charge is 0.378 e. The highest BCUT2D eigenvalue weighted by molar-refractivity contribution is 9.10. The van der Waals surface area contributed by atoms with Gasteiger partial charge in [-0.1, -0.05) is 52.0 Å². The lowest BCUT2D eigenvalue weighted by atomic mass is 9.98. The second-order valence-corrected chi connectivity index (χ2v) is 8.53. The minimum atomic E-state index is -0.141. The number of amidine groups is 1. The van der Waals surface area contributed by atoms with Gasteiger partial charge in [-0.2, -0.15) is 10.1 Å². The number of carbonyl (C=O) groups excluding carboxylic acids is 1. The Bertz CT molecular complexity index is 939. The van der Waals surface area contributed by atoms with Gasteiger partial charge in [-0.3, -0.25) is 4.79 Å². The van der Waals surface area contributed by atoms with Crippen LogP contribution in [0.3, 0.4) is 0 Å². The molecule has 2 aliphatic heterocycles. The molecule has 4 rings (SSSR count). The molecular weight excluding hydrogens is 424 g/mol. The van der Waals surface area contributed by atoms with Crippen LogP contribution >= 0.6 is 27.7 Å². The fourth-order valence-corrected chi connectivity index (χ4v) is 4.28. The van der Waals surface area contributed by atoms with Crippen molar-refractivity contribution in [1.29, 1.82) is 0 Å². The molecule has 1 unspecified atom stereocenters. The maximum absolute atomic E-state index is 11.7. The van der Waals surface area contributed by atoms with E-state index in [4.69, 9.17) is 5.10 Å². The van der Waals surface area contributed by atoms with E-state index >= 15 is 0 Å². The van der Waals surface area contributed by atoms with Gasteiger partial charge in [0.15, 0.2) is 0 Å². The van der Waals surface area contributed by atoms with Crippen LogP contribution in [-0.2, 0) is 0 Å². The van der Waals surface area contributed by atoms with Gasteiger partial charge in [0, 0.05) is 30.7 Å². The van der Waals surface area contributed by atoms with Gasteiger partial charge in [-0.25, -0.2) is 5.01 Å². The number of aliphatic imine (C=N–C) groups is 1. The maximum atomic E-state index is 11.7. The third-order valence-electron chi connectivity index (χ3n) is 4.67. The summed E-state index contributed by atoms with van der Waals surface area (Å²) in [4.78, 5) is 17.9. The number of amides is 1. The summed E-state index contributed by atoms with van der Waals surface area (Å²) in [7, 11) is 4.06. The number of rotatable bonds is 3. The van der Waals surface area contributed by atoms with Crippen LogP contribution in [0.5, 0.6) is 0 Å². The zero-order valence-electron chi connectivity index (χ0n) is 15.1. The molecule has 27 heavy (non-hydrogen) atoms. The summed E-state index contributed by atoms with van der Waals surface area (Å²) >= 11 is 4.76. The van der Waals surface area contributed by atoms with Crippen molar-refractivity contribution in [1.82, 2.24) is 5.01 Å². The quantitative estimate of drug-likeness (QED) is 0.675. The zero-order valence-corrected chi connectivity index (χ0v) is 17.5. The Morgan fingerprint density at radius 2 is 1.96 bits per heavy atom. The molecule has 0 radical (unpaired) electrons. The number of carbonyl (C=O) groups is 1. The van der Waals surface area contributed by atoms with Crippen molar-refractivity contribution in [3.8, 4) is 0 Å². The van der Waals surface area contributed by atoms with Crippen LogP contribution in [0.4, 0.5) is 10.5 Å². The molecule has 1 atom stereocenters. The van der Waals surface area contributed by atoms with Crippen molar-refractivity contribution < 1.29 is 4.79 Å². The average Bonchev–Trinajstić information content (AvgIpc) is 3.28. The van der Waals surface area contributed by atoms with E-state index in [1.807, 2.05) is 31.2 Å². The van der Waals surface area contributed by atoms with Gasteiger partial charge in [-0.05, 0) is 35.4 Å². The number of thioether (sulfide) groups is 1.